The molecule has 2 aromatic heterocycles. The van der Waals surface area contributed by atoms with Crippen molar-refractivity contribution >= 4 is 17.2 Å². The lowest BCUT2D eigenvalue weighted by Gasteiger charge is -2.31. The Labute approximate surface area is 207 Å². The minimum Gasteiger partial charge on any atom is -0.358 e. The van der Waals surface area contributed by atoms with Gasteiger partial charge in [0.25, 0.3) is 0 Å². The average Bonchev–Trinajstić information content (AvgIpc) is 3.65. The summed E-state index contributed by atoms with van der Waals surface area (Å²) >= 11 is 0. The molecule has 1 N–H and O–H groups in total. The van der Waals surface area contributed by atoms with E-state index in [-0.39, 0.29) is 5.82 Å². The summed E-state index contributed by atoms with van der Waals surface area (Å²) in [4.78, 5) is 9.85. The number of nitrogens with one attached hydrogen (secondary N) is 1. The minimum absolute atomic E-state index is 0.184. The molecule has 1 aliphatic heterocycles. The molecule has 3 aromatic rings. The van der Waals surface area contributed by atoms with Crippen LogP contribution in [-0.2, 0) is 13.0 Å². The number of rotatable bonds is 10. The van der Waals surface area contributed by atoms with Crippen LogP contribution in [0.1, 0.15) is 69.9 Å². The molecular weight excluding hydrogens is 439 g/mol. The Hall–Kier alpha value is -3.09. The second kappa shape index (κ2) is 10.7. The van der Waals surface area contributed by atoms with Gasteiger partial charge in [-0.3, -0.25) is 0 Å². The Bertz CT molecular complexity index is 1190. The van der Waals surface area contributed by atoms with Crippen molar-refractivity contribution in [2.24, 2.45) is 0 Å². The highest BCUT2D eigenvalue weighted by atomic mass is 19.1. The molecule has 0 radical (unpaired) electrons. The Kier molecular flexibility index (Phi) is 7.21. The van der Waals surface area contributed by atoms with Crippen molar-refractivity contribution in [3.8, 4) is 0 Å². The largest absolute Gasteiger partial charge is 0.358 e. The molecule has 0 amide bonds. The number of allylic oxidation sites excluding steroid dienone is 1. The van der Waals surface area contributed by atoms with Crippen LogP contribution < -0.4 is 10.2 Å². The summed E-state index contributed by atoms with van der Waals surface area (Å²) in [5, 5.41) is 8.27. The van der Waals surface area contributed by atoms with Crippen molar-refractivity contribution in [3.63, 3.8) is 0 Å². The van der Waals surface area contributed by atoms with Gasteiger partial charge in [-0.1, -0.05) is 26.3 Å². The number of piperidine rings is 1. The number of anilines is 2. The van der Waals surface area contributed by atoms with Crippen LogP contribution in [0.5, 0.6) is 0 Å². The second-order valence-corrected chi connectivity index (χ2v) is 9.78. The molecule has 1 saturated heterocycles. The van der Waals surface area contributed by atoms with Crippen LogP contribution in [0.15, 0.2) is 48.1 Å². The van der Waals surface area contributed by atoms with Crippen molar-refractivity contribution < 1.29 is 4.39 Å². The van der Waals surface area contributed by atoms with Gasteiger partial charge in [0.1, 0.15) is 23.1 Å². The van der Waals surface area contributed by atoms with Gasteiger partial charge in [-0.15, -0.1) is 0 Å². The molecule has 5 rings (SSSR count). The number of benzene rings is 1. The van der Waals surface area contributed by atoms with E-state index in [9.17, 15) is 4.39 Å². The molecule has 6 nitrogen and oxygen atoms in total. The molecule has 2 aliphatic rings. The molecule has 1 aromatic carbocycles. The molecule has 2 fully saturated rings. The van der Waals surface area contributed by atoms with Crippen LogP contribution in [0, 0.1) is 5.82 Å². The number of fused-ring (bicyclic) bond motifs is 1. The van der Waals surface area contributed by atoms with Gasteiger partial charge in [0.15, 0.2) is 5.65 Å². The van der Waals surface area contributed by atoms with Crippen LogP contribution in [0.4, 0.5) is 15.9 Å². The maximum absolute atomic E-state index is 14.1. The lowest BCUT2D eigenvalue weighted by molar-refractivity contribution is 0.287. The van der Waals surface area contributed by atoms with E-state index in [1.54, 1.807) is 12.1 Å². The number of aromatic nitrogens is 3. The van der Waals surface area contributed by atoms with Crippen molar-refractivity contribution in [2.45, 2.75) is 71.8 Å². The molecule has 0 atom stereocenters. The zero-order valence-electron chi connectivity index (χ0n) is 21.1. The van der Waals surface area contributed by atoms with E-state index in [0.29, 0.717) is 6.54 Å². The lowest BCUT2D eigenvalue weighted by Crippen LogP contribution is -2.32. The van der Waals surface area contributed by atoms with Gasteiger partial charge in [0.05, 0.1) is 6.20 Å². The van der Waals surface area contributed by atoms with Crippen molar-refractivity contribution in [1.82, 2.24) is 19.5 Å². The maximum Gasteiger partial charge on any atom is 0.180 e. The zero-order valence-corrected chi connectivity index (χ0v) is 21.1. The predicted molar refractivity (Wildman–Crippen MR) is 140 cm³/mol. The smallest absolute Gasteiger partial charge is 0.180 e. The van der Waals surface area contributed by atoms with Crippen molar-refractivity contribution in [2.75, 3.05) is 29.9 Å². The van der Waals surface area contributed by atoms with Gasteiger partial charge in [0.2, 0.25) is 0 Å². The Morgan fingerprint density at radius 2 is 1.91 bits per heavy atom. The number of likely N-dealkylation sites (tertiary alicyclic amines) is 1. The van der Waals surface area contributed by atoms with Crippen molar-refractivity contribution in [1.29, 1.82) is 0 Å². The number of hydrogen-bond acceptors (Lipinski definition) is 5. The molecule has 0 spiro atoms. The first kappa shape index (κ1) is 23.6. The second-order valence-electron chi connectivity index (χ2n) is 9.78. The Balaban J connectivity index is 1.44. The number of aryl methyl sites for hydroxylation is 1. The predicted octanol–water partition coefficient (Wildman–Crippen LogP) is 6.14. The van der Waals surface area contributed by atoms with Gasteiger partial charge in [0, 0.05) is 32.4 Å². The molecule has 0 bridgehead atoms. The highest BCUT2D eigenvalue weighted by Gasteiger charge is 2.25. The molecule has 35 heavy (non-hydrogen) atoms. The fourth-order valence-electron chi connectivity index (χ4n) is 4.97. The van der Waals surface area contributed by atoms with Crippen LogP contribution in [0.2, 0.25) is 0 Å². The summed E-state index contributed by atoms with van der Waals surface area (Å²) in [5.74, 6) is 1.98. The van der Waals surface area contributed by atoms with E-state index in [0.717, 1.165) is 61.6 Å². The minimum atomic E-state index is -0.184. The number of halogens is 1. The third kappa shape index (κ3) is 5.44. The quantitative estimate of drug-likeness (QED) is 0.381. The fourth-order valence-corrected chi connectivity index (χ4v) is 4.97. The van der Waals surface area contributed by atoms with Crippen LogP contribution in [0.25, 0.3) is 5.65 Å². The first-order chi connectivity index (χ1) is 17.2. The molecular formula is C28H37FN6. The maximum atomic E-state index is 14.1. The number of hydrogen-bond donors (Lipinski definition) is 1. The summed E-state index contributed by atoms with van der Waals surface area (Å²) in [6.07, 6.45) is 13.1. The summed E-state index contributed by atoms with van der Waals surface area (Å²) in [7, 11) is 0. The fraction of sp³-hybridized carbons (Fsp3) is 0.500. The zero-order chi connectivity index (χ0) is 24.2. The summed E-state index contributed by atoms with van der Waals surface area (Å²) < 4.78 is 15.9. The lowest BCUT2D eigenvalue weighted by atomic mass is 10.0. The third-order valence-electron chi connectivity index (χ3n) is 7.13. The molecule has 3 heterocycles. The third-order valence-corrected chi connectivity index (χ3v) is 7.13. The van der Waals surface area contributed by atoms with E-state index in [1.807, 2.05) is 29.0 Å². The number of unbranched alkanes of at least 4 members (excludes halogenated alkanes) is 1. The van der Waals surface area contributed by atoms with E-state index >= 15 is 0 Å². The first-order valence-corrected chi connectivity index (χ1v) is 13.3. The normalized spacial score (nSPS) is 15.5. The van der Waals surface area contributed by atoms with E-state index in [1.165, 1.54) is 49.1 Å². The highest BCUT2D eigenvalue weighted by molar-refractivity contribution is 5.70. The topological polar surface area (TPSA) is 48.7 Å². The standard InChI is InChI=1S/C28H37FN6/c1-3-5-14-34(20-23-18-24(29)12-11-21(23)4-2)26-13-17-35-28(32-26)25(19-30-35)31-27(22-9-10-22)33-15-7-6-8-16-33/h11-13,17-19,31H,3-10,14-16,20H2,1-2H3. The van der Waals surface area contributed by atoms with Crippen molar-refractivity contribution in [3.05, 3.63) is 65.0 Å². The van der Waals surface area contributed by atoms with E-state index < -0.39 is 0 Å². The van der Waals surface area contributed by atoms with Gasteiger partial charge in [-0.25, -0.2) is 13.9 Å². The van der Waals surface area contributed by atoms with E-state index in [4.69, 9.17) is 4.98 Å². The van der Waals surface area contributed by atoms with Gasteiger partial charge < -0.3 is 15.1 Å². The van der Waals surface area contributed by atoms with Crippen LogP contribution >= 0.6 is 0 Å². The highest BCUT2D eigenvalue weighted by Crippen LogP contribution is 2.35. The van der Waals surface area contributed by atoms with Gasteiger partial charge in [-0.2, -0.15) is 5.10 Å². The van der Waals surface area contributed by atoms with Crippen LogP contribution in [0.3, 0.4) is 0 Å². The molecule has 1 aliphatic carbocycles. The summed E-state index contributed by atoms with van der Waals surface area (Å²) in [5.41, 5.74) is 5.49. The Morgan fingerprint density at radius 1 is 1.09 bits per heavy atom. The molecule has 186 valence electrons. The molecule has 7 heteroatoms. The first-order valence-electron chi connectivity index (χ1n) is 13.3. The monoisotopic (exact) mass is 476 g/mol. The molecule has 1 saturated carbocycles. The molecule has 0 unspecified atom stereocenters. The summed E-state index contributed by atoms with van der Waals surface area (Å²) in [6, 6.07) is 7.16. The van der Waals surface area contributed by atoms with Gasteiger partial charge in [-0.05, 0) is 79.8 Å². The Morgan fingerprint density at radius 3 is 2.66 bits per heavy atom. The number of nitrogens with zero attached hydrogens (tertiary/aromatic N) is 5. The van der Waals surface area contributed by atoms with Crippen LogP contribution in [-0.4, -0.2) is 39.1 Å². The SMILES string of the molecule is CCCCN(Cc1cc(F)ccc1CC)c1ccn2ncc(NC(=C3CC3)N3CCCCC3)c2n1. The average molecular weight is 477 g/mol. The van der Waals surface area contributed by atoms with E-state index in [2.05, 4.69) is 34.1 Å². The summed E-state index contributed by atoms with van der Waals surface area (Å²) in [6.45, 7) is 8.06. The van der Waals surface area contributed by atoms with Gasteiger partial charge >= 0.3 is 0 Å².